The van der Waals surface area contributed by atoms with Crippen LogP contribution in [0.4, 0.5) is 0 Å². The van der Waals surface area contributed by atoms with Gasteiger partial charge in [0, 0.05) is 24.0 Å². The summed E-state index contributed by atoms with van der Waals surface area (Å²) >= 11 is 11.9. The van der Waals surface area contributed by atoms with Gasteiger partial charge in [-0.1, -0.05) is 23.2 Å². The third-order valence-electron chi connectivity index (χ3n) is 3.07. The van der Waals surface area contributed by atoms with Crippen LogP contribution >= 0.6 is 23.2 Å². The van der Waals surface area contributed by atoms with Crippen molar-refractivity contribution in [3.63, 3.8) is 0 Å². The first-order valence-electron chi connectivity index (χ1n) is 6.89. The number of carbonyl (C=O) groups excluding carboxylic acids is 1. The molecule has 0 aliphatic carbocycles. The molecule has 6 nitrogen and oxygen atoms in total. The van der Waals surface area contributed by atoms with E-state index in [2.05, 4.69) is 10.3 Å². The number of rotatable bonds is 6. The van der Waals surface area contributed by atoms with E-state index in [1.807, 2.05) is 0 Å². The molecular weight excluding hydrogens is 355 g/mol. The molecule has 0 bridgehead atoms. The van der Waals surface area contributed by atoms with E-state index in [1.165, 1.54) is 24.5 Å². The molecule has 126 valence electrons. The first-order chi connectivity index (χ1) is 11.4. The molecule has 2 rings (SSSR count). The van der Waals surface area contributed by atoms with Crippen LogP contribution in [0.2, 0.25) is 10.0 Å². The molecule has 2 N–H and O–H groups in total. The average Bonchev–Trinajstić information content (AvgIpc) is 2.52. The van der Waals surface area contributed by atoms with Crippen LogP contribution in [-0.4, -0.2) is 28.6 Å². The Morgan fingerprint density at radius 2 is 2.00 bits per heavy atom. The van der Waals surface area contributed by atoms with Gasteiger partial charge in [-0.05, 0) is 36.2 Å². The lowest BCUT2D eigenvalue weighted by molar-refractivity contribution is -0.123. The highest BCUT2D eigenvalue weighted by Gasteiger charge is 2.10. The van der Waals surface area contributed by atoms with Gasteiger partial charge in [-0.2, -0.15) is 0 Å². The lowest BCUT2D eigenvalue weighted by Gasteiger charge is -2.11. The third-order valence-corrected chi connectivity index (χ3v) is 3.57. The summed E-state index contributed by atoms with van der Waals surface area (Å²) < 4.78 is 5.42. The molecule has 0 saturated heterocycles. The fraction of sp³-hybridized carbons (Fsp3) is 0.188. The zero-order valence-electron chi connectivity index (χ0n) is 12.7. The van der Waals surface area contributed by atoms with Gasteiger partial charge >= 0.3 is 5.97 Å². The minimum Gasteiger partial charge on any atom is -0.482 e. The van der Waals surface area contributed by atoms with E-state index in [0.29, 0.717) is 21.4 Å². The maximum absolute atomic E-state index is 11.9. The number of amides is 1. The van der Waals surface area contributed by atoms with Gasteiger partial charge in [-0.25, -0.2) is 4.79 Å². The number of aromatic nitrogens is 1. The number of nitrogens with zero attached hydrogens (tertiary/aromatic N) is 1. The summed E-state index contributed by atoms with van der Waals surface area (Å²) in [5.41, 5.74) is 1.35. The number of benzene rings is 1. The number of halogens is 2. The fourth-order valence-electron chi connectivity index (χ4n) is 1.96. The van der Waals surface area contributed by atoms with Crippen LogP contribution in [0.15, 0.2) is 30.6 Å². The van der Waals surface area contributed by atoms with Crippen molar-refractivity contribution in [1.82, 2.24) is 10.3 Å². The summed E-state index contributed by atoms with van der Waals surface area (Å²) in [6.07, 6.45) is 2.72. The monoisotopic (exact) mass is 368 g/mol. The third kappa shape index (κ3) is 4.84. The maximum Gasteiger partial charge on any atom is 0.337 e. The number of nitrogens with one attached hydrogen (secondary N) is 1. The summed E-state index contributed by atoms with van der Waals surface area (Å²) in [6, 6.07) is 4.66. The van der Waals surface area contributed by atoms with Crippen molar-refractivity contribution in [2.45, 2.75) is 13.5 Å². The van der Waals surface area contributed by atoms with Crippen LogP contribution in [0.5, 0.6) is 5.75 Å². The Morgan fingerprint density at radius 3 is 2.67 bits per heavy atom. The summed E-state index contributed by atoms with van der Waals surface area (Å²) in [4.78, 5) is 26.5. The summed E-state index contributed by atoms with van der Waals surface area (Å²) in [6.45, 7) is 1.69. The molecule has 0 atom stereocenters. The molecule has 0 unspecified atom stereocenters. The number of carboxylic acid groups (broad SMARTS) is 1. The number of aromatic carboxylic acids is 1. The van der Waals surface area contributed by atoms with E-state index < -0.39 is 5.97 Å². The normalized spacial score (nSPS) is 10.3. The minimum absolute atomic E-state index is 0.0570. The van der Waals surface area contributed by atoms with Crippen LogP contribution < -0.4 is 10.1 Å². The van der Waals surface area contributed by atoms with Crippen molar-refractivity contribution in [3.8, 4) is 5.75 Å². The largest absolute Gasteiger partial charge is 0.482 e. The van der Waals surface area contributed by atoms with Crippen LogP contribution in [0, 0.1) is 6.92 Å². The molecular formula is C16H14Cl2N2O4. The Kier molecular flexibility index (Phi) is 6.00. The van der Waals surface area contributed by atoms with Crippen molar-refractivity contribution in [2.24, 2.45) is 0 Å². The Balaban J connectivity index is 1.90. The minimum atomic E-state index is -1.08. The Hall–Kier alpha value is -2.31. The van der Waals surface area contributed by atoms with Gasteiger partial charge < -0.3 is 15.2 Å². The van der Waals surface area contributed by atoms with Gasteiger partial charge in [-0.15, -0.1) is 0 Å². The van der Waals surface area contributed by atoms with Crippen molar-refractivity contribution in [1.29, 1.82) is 0 Å². The molecule has 8 heteroatoms. The predicted molar refractivity (Wildman–Crippen MR) is 89.7 cm³/mol. The number of carboxylic acids is 1. The molecule has 1 aromatic carbocycles. The highest BCUT2D eigenvalue weighted by atomic mass is 35.5. The molecule has 0 fully saturated rings. The predicted octanol–water partition coefficient (Wildman–Crippen LogP) is 3.09. The second-order valence-electron chi connectivity index (χ2n) is 4.99. The first-order valence-corrected chi connectivity index (χ1v) is 7.65. The Labute approximate surface area is 148 Å². The van der Waals surface area contributed by atoms with Crippen molar-refractivity contribution in [2.75, 3.05) is 6.61 Å². The lowest BCUT2D eigenvalue weighted by Crippen LogP contribution is -2.28. The molecule has 0 saturated carbocycles. The molecule has 1 amide bonds. The fourth-order valence-corrected chi connectivity index (χ4v) is 2.61. The van der Waals surface area contributed by atoms with Crippen molar-refractivity contribution >= 4 is 35.1 Å². The highest BCUT2D eigenvalue weighted by Crippen LogP contribution is 2.31. The van der Waals surface area contributed by atoms with Crippen molar-refractivity contribution in [3.05, 3.63) is 57.3 Å². The number of hydrogen-bond acceptors (Lipinski definition) is 4. The number of carbonyl (C=O) groups is 2. The molecule has 0 aliphatic rings. The summed E-state index contributed by atoms with van der Waals surface area (Å²) in [5.74, 6) is -1.06. The Morgan fingerprint density at radius 1 is 1.25 bits per heavy atom. The van der Waals surface area contributed by atoms with E-state index in [9.17, 15) is 9.59 Å². The van der Waals surface area contributed by atoms with Gasteiger partial charge in [0.05, 0.1) is 10.6 Å². The average molecular weight is 369 g/mol. The molecule has 24 heavy (non-hydrogen) atoms. The van der Waals surface area contributed by atoms with Gasteiger partial charge in [0.15, 0.2) is 6.61 Å². The van der Waals surface area contributed by atoms with Crippen LogP contribution in [0.1, 0.15) is 21.5 Å². The zero-order chi connectivity index (χ0) is 17.7. The molecule has 0 radical (unpaired) electrons. The van der Waals surface area contributed by atoms with Crippen LogP contribution in [-0.2, 0) is 11.3 Å². The van der Waals surface area contributed by atoms with E-state index in [1.54, 1.807) is 13.0 Å². The molecule has 2 aromatic rings. The second-order valence-corrected chi connectivity index (χ2v) is 5.83. The van der Waals surface area contributed by atoms with Gasteiger partial charge in [-0.3, -0.25) is 9.78 Å². The van der Waals surface area contributed by atoms with Gasteiger partial charge in [0.2, 0.25) is 0 Å². The quantitative estimate of drug-likeness (QED) is 0.817. The number of ether oxygens (including phenoxy) is 1. The standard InChI is InChI=1S/C16H14Cl2N2O4/c1-9-2-12(17)4-13(18)15(9)24-8-14(21)20-6-10-3-11(16(22)23)7-19-5-10/h2-5,7H,6,8H2,1H3,(H,20,21)(H,22,23). The summed E-state index contributed by atoms with van der Waals surface area (Å²) in [5, 5.41) is 12.3. The molecule has 0 aliphatic heterocycles. The van der Waals surface area contributed by atoms with Crippen LogP contribution in [0.3, 0.4) is 0 Å². The van der Waals surface area contributed by atoms with Crippen molar-refractivity contribution < 1.29 is 19.4 Å². The van der Waals surface area contributed by atoms with E-state index in [4.69, 9.17) is 33.0 Å². The van der Waals surface area contributed by atoms with Crippen LogP contribution in [0.25, 0.3) is 0 Å². The first kappa shape index (κ1) is 18.0. The number of hydrogen-bond donors (Lipinski definition) is 2. The summed E-state index contributed by atoms with van der Waals surface area (Å²) in [7, 11) is 0. The molecule has 1 aromatic heterocycles. The number of aryl methyl sites for hydroxylation is 1. The smallest absolute Gasteiger partial charge is 0.337 e. The zero-order valence-corrected chi connectivity index (χ0v) is 14.2. The number of pyridine rings is 1. The van der Waals surface area contributed by atoms with E-state index in [-0.39, 0.29) is 24.6 Å². The SMILES string of the molecule is Cc1cc(Cl)cc(Cl)c1OCC(=O)NCc1cncc(C(=O)O)c1. The van der Waals surface area contributed by atoms with Gasteiger partial charge in [0.1, 0.15) is 5.75 Å². The second kappa shape index (κ2) is 7.99. The van der Waals surface area contributed by atoms with E-state index in [0.717, 1.165) is 5.56 Å². The van der Waals surface area contributed by atoms with E-state index >= 15 is 0 Å². The topological polar surface area (TPSA) is 88.5 Å². The Bertz CT molecular complexity index is 757. The highest BCUT2D eigenvalue weighted by molar-refractivity contribution is 6.35. The molecule has 0 spiro atoms. The lowest BCUT2D eigenvalue weighted by atomic mass is 10.2. The van der Waals surface area contributed by atoms with Gasteiger partial charge in [0.25, 0.3) is 5.91 Å². The maximum atomic E-state index is 11.9. The molecule has 1 heterocycles.